The van der Waals surface area contributed by atoms with Crippen molar-refractivity contribution in [2.24, 2.45) is 0 Å². The number of nitro groups is 1. The Balaban J connectivity index is 0.803. The molecular weight excluding hydrogens is 1110 g/mol. The van der Waals surface area contributed by atoms with Crippen molar-refractivity contribution >= 4 is 74.9 Å². The molecule has 8 rings (SSSR count). The molecule has 5 atom stereocenters. The minimum atomic E-state index is -5.78. The van der Waals surface area contributed by atoms with E-state index in [4.69, 9.17) is 18.9 Å². The summed E-state index contributed by atoms with van der Waals surface area (Å²) in [5, 5.41) is 52.0. The summed E-state index contributed by atoms with van der Waals surface area (Å²) in [6.07, 6.45) is 0.219. The summed E-state index contributed by atoms with van der Waals surface area (Å²) < 4.78 is 59.7. The molecule has 1 fully saturated rings. The molecule has 2 aliphatic heterocycles. The fourth-order valence-electron chi connectivity index (χ4n) is 8.42. The van der Waals surface area contributed by atoms with E-state index in [2.05, 4.69) is 55.9 Å². The normalized spacial score (nSPS) is 16.9. The summed E-state index contributed by atoms with van der Waals surface area (Å²) in [4.78, 5) is 112. The average molecular weight is 1150 g/mol. The number of aromatic nitrogens is 4. The zero-order valence-corrected chi connectivity index (χ0v) is 43.3. The summed E-state index contributed by atoms with van der Waals surface area (Å²) in [6.45, 7) is -0.891. The summed E-state index contributed by atoms with van der Waals surface area (Å²) in [7, 11) is -16.9. The topological polar surface area (TPSA) is 434 Å². The Hall–Kier alpha value is -7.80. The van der Waals surface area contributed by atoms with Gasteiger partial charge in [0.2, 0.25) is 5.91 Å². The van der Waals surface area contributed by atoms with Crippen LogP contribution in [0.3, 0.4) is 0 Å². The first-order chi connectivity index (χ1) is 37.5. The van der Waals surface area contributed by atoms with E-state index in [9.17, 15) is 68.1 Å². The van der Waals surface area contributed by atoms with E-state index in [1.807, 2.05) is 0 Å². The lowest BCUT2D eigenvalue weighted by Crippen LogP contribution is -2.26. The smallest absolute Gasteiger partial charge is 0.490 e. The van der Waals surface area contributed by atoms with Crippen molar-refractivity contribution in [1.82, 2.24) is 30.2 Å². The summed E-state index contributed by atoms with van der Waals surface area (Å²) >= 11 is 0. The number of fused-ring (bicyclic) bond motifs is 3. The molecule has 2 amide bonds. The molecule has 1 saturated heterocycles. The number of ether oxygens (including phenoxy) is 1. The molecule has 0 spiro atoms. The fraction of sp³-hybridized carbons (Fsp3) is 0.255. The Bertz CT molecular complexity index is 3760. The lowest BCUT2D eigenvalue weighted by molar-refractivity contribution is -0.385. The van der Waals surface area contributed by atoms with Crippen molar-refractivity contribution < 1.29 is 90.2 Å². The predicted molar refractivity (Wildman–Crippen MR) is 274 cm³/mol. The second-order valence-electron chi connectivity index (χ2n) is 17.3. The van der Waals surface area contributed by atoms with E-state index in [0.29, 0.717) is 35.8 Å². The number of amides is 2. The Morgan fingerprint density at radius 2 is 1.68 bits per heavy atom. The van der Waals surface area contributed by atoms with E-state index in [1.54, 1.807) is 6.07 Å². The monoisotopic (exact) mass is 1150 g/mol. The third-order valence-electron chi connectivity index (χ3n) is 11.9. The standard InChI is InChI=1S/C47H45N8O21P3/c56-28-12-14-30-36(19-28)73-37-20-29(57)13-15-31(37)41(30)42-32(7-4-8-33(42)47(61)62)46(60)49-16-3-1-2-9-39(59)48-17-5-6-26-10-11-27(34(18-26)55(63)64)22-50-44-43-45(52-24-51-44)54(25-53-43)40-21-35(58)38(74-40)23-72-78(68,69)76-79(70,71)75-77(65,66)67/h4,7-8,10-15,18-20,24-25,35,38,40,56,58H,1-3,9,16-17,21-23H2,(H,48,59)(H,49,60)(H,61,62)(H,68,69)(H,70,71)(H,50,51,52)(H2,65,66,67)/t35-,38+,40+/m0/s1. The quantitative estimate of drug-likeness (QED) is 0.0106. The number of carboxylic acids is 1. The van der Waals surface area contributed by atoms with Gasteiger partial charge in [-0.3, -0.25) is 33.6 Å². The molecule has 2 unspecified atom stereocenters. The number of aromatic hydroxyl groups is 1. The summed E-state index contributed by atoms with van der Waals surface area (Å²) in [5.74, 6) is 3.55. The van der Waals surface area contributed by atoms with Crippen molar-refractivity contribution in [3.05, 3.63) is 128 Å². The van der Waals surface area contributed by atoms with E-state index < -0.39 is 65.3 Å². The number of anilines is 1. The molecule has 79 heavy (non-hydrogen) atoms. The number of hydrogen-bond donors (Lipinski definition) is 10. The van der Waals surface area contributed by atoms with Crippen LogP contribution in [0.4, 0.5) is 11.5 Å². The van der Waals surface area contributed by atoms with Crippen LogP contribution in [0.1, 0.15) is 70.2 Å². The maximum Gasteiger partial charge on any atom is 0.490 e. The number of aromatic carboxylic acids is 1. The van der Waals surface area contributed by atoms with Gasteiger partial charge in [0.25, 0.3) is 11.6 Å². The first-order valence-corrected chi connectivity index (χ1v) is 27.9. The average Bonchev–Trinajstić information content (AvgIpc) is 4.13. The molecule has 5 aromatic rings. The van der Waals surface area contributed by atoms with Gasteiger partial charge in [0.15, 0.2) is 22.4 Å². The highest BCUT2D eigenvalue weighted by Gasteiger charge is 2.43. The molecule has 1 aliphatic carbocycles. The molecule has 4 heterocycles. The van der Waals surface area contributed by atoms with Crippen LogP contribution in [0, 0.1) is 22.0 Å². The van der Waals surface area contributed by atoms with Crippen LogP contribution in [-0.2, 0) is 42.9 Å². The number of benzene rings is 4. The van der Waals surface area contributed by atoms with E-state index in [1.165, 1.54) is 77.6 Å². The third-order valence-corrected chi connectivity index (χ3v) is 15.7. The van der Waals surface area contributed by atoms with Crippen LogP contribution in [0.25, 0.3) is 44.6 Å². The molecule has 32 heteroatoms. The van der Waals surface area contributed by atoms with Gasteiger partial charge >= 0.3 is 29.4 Å². The highest BCUT2D eigenvalue weighted by Crippen LogP contribution is 2.66. The maximum atomic E-state index is 13.7. The van der Waals surface area contributed by atoms with Gasteiger partial charge in [-0.05, 0) is 61.4 Å². The minimum absolute atomic E-state index is 0.0517. The van der Waals surface area contributed by atoms with Crippen molar-refractivity contribution in [3.8, 4) is 40.0 Å². The first kappa shape index (κ1) is 57.4. The van der Waals surface area contributed by atoms with Crippen LogP contribution in [-0.4, -0.2) is 109 Å². The number of rotatable bonds is 22. The Morgan fingerprint density at radius 3 is 2.44 bits per heavy atom. The number of phosphoric ester groups is 1. The van der Waals surface area contributed by atoms with Gasteiger partial charge < -0.3 is 60.0 Å². The SMILES string of the molecule is O=C(CCCCCNC(=O)c1cccc(C(=O)O)c1-c1c2ccc(=O)cc-2oc2cc(O)ccc12)NCC#Cc1ccc(CNc2ncnc3c2ncn3[C@H]2C[C@H](O)[C@@H](COP(=O)(O)OP(=O)(O)OP(=O)(O)O)O2)c([N+](=O)[O-])c1. The van der Waals surface area contributed by atoms with Crippen molar-refractivity contribution in [1.29, 1.82) is 0 Å². The van der Waals surface area contributed by atoms with Crippen LogP contribution >= 0.6 is 23.5 Å². The second-order valence-corrected chi connectivity index (χ2v) is 21.7. The molecule has 2 aromatic heterocycles. The molecule has 3 aliphatic rings. The van der Waals surface area contributed by atoms with Crippen molar-refractivity contribution in [2.45, 2.75) is 57.1 Å². The molecule has 414 valence electrons. The van der Waals surface area contributed by atoms with Gasteiger partial charge in [0.1, 0.15) is 35.8 Å². The number of phosphoric acid groups is 3. The molecule has 0 saturated carbocycles. The zero-order valence-electron chi connectivity index (χ0n) is 40.6. The maximum absolute atomic E-state index is 13.7. The number of carbonyl (C=O) groups excluding carboxylic acids is 2. The van der Waals surface area contributed by atoms with Crippen molar-refractivity contribution in [3.63, 3.8) is 0 Å². The molecule has 0 radical (unpaired) electrons. The number of imidazole rings is 1. The van der Waals surface area contributed by atoms with Crippen molar-refractivity contribution in [2.75, 3.05) is 25.0 Å². The third kappa shape index (κ3) is 14.3. The number of phenolic OH excluding ortho intramolecular Hbond substituents is 1. The lowest BCUT2D eigenvalue weighted by Gasteiger charge is -2.19. The van der Waals surface area contributed by atoms with Crippen LogP contribution in [0.15, 0.2) is 94.7 Å². The van der Waals surface area contributed by atoms with Gasteiger partial charge in [0.05, 0.1) is 36.1 Å². The number of nitrogens with zero attached hydrogens (tertiary/aromatic N) is 5. The Kier molecular flexibility index (Phi) is 17.5. The lowest BCUT2D eigenvalue weighted by atomic mass is 9.87. The van der Waals surface area contributed by atoms with E-state index in [-0.39, 0.29) is 111 Å². The highest BCUT2D eigenvalue weighted by molar-refractivity contribution is 7.66. The molecule has 0 bridgehead atoms. The van der Waals surface area contributed by atoms with Gasteiger partial charge in [-0.1, -0.05) is 24.3 Å². The zero-order chi connectivity index (χ0) is 56.8. The molecule has 29 nitrogen and oxygen atoms in total. The minimum Gasteiger partial charge on any atom is -0.508 e. The number of carbonyl (C=O) groups is 3. The van der Waals surface area contributed by atoms with Crippen LogP contribution in [0.5, 0.6) is 5.75 Å². The number of aliphatic hydroxyl groups is 1. The number of nitro benzene ring substituents is 1. The molecule has 3 aromatic carbocycles. The highest BCUT2D eigenvalue weighted by atomic mass is 31.3. The number of unbranched alkanes of at least 4 members (excludes halogenated alkanes) is 2. The fourth-order valence-corrected chi connectivity index (χ4v) is 11.4. The van der Waals surface area contributed by atoms with Crippen LogP contribution in [0.2, 0.25) is 0 Å². The number of aliphatic hydroxyl groups excluding tert-OH is 1. The summed E-state index contributed by atoms with van der Waals surface area (Å²) in [6, 6.07) is 16.9. The number of carboxylic acid groups (broad SMARTS) is 1. The number of phenols is 1. The Morgan fingerprint density at radius 1 is 0.899 bits per heavy atom. The van der Waals surface area contributed by atoms with Gasteiger partial charge in [-0.2, -0.15) is 8.62 Å². The number of nitrogens with one attached hydrogen (secondary N) is 3. The number of hydrogen-bond acceptors (Lipinski definition) is 20. The van der Waals surface area contributed by atoms with Gasteiger partial charge in [-0.25, -0.2) is 33.4 Å². The van der Waals surface area contributed by atoms with Crippen LogP contribution < -0.4 is 21.4 Å². The second kappa shape index (κ2) is 24.1. The summed E-state index contributed by atoms with van der Waals surface area (Å²) in [5.41, 5.74) is 1.07. The van der Waals surface area contributed by atoms with Gasteiger partial charge in [0, 0.05) is 82.9 Å². The molecular formula is C47H45N8O21P3. The Labute approximate surface area is 444 Å². The van der Waals surface area contributed by atoms with Gasteiger partial charge in [-0.15, -0.1) is 0 Å². The predicted octanol–water partition coefficient (Wildman–Crippen LogP) is 5.08. The largest absolute Gasteiger partial charge is 0.508 e. The van der Waals surface area contributed by atoms with E-state index >= 15 is 0 Å². The molecule has 10 N–H and O–H groups in total. The first-order valence-electron chi connectivity index (χ1n) is 23.4. The van der Waals surface area contributed by atoms with E-state index in [0.717, 1.165) is 6.33 Å².